The van der Waals surface area contributed by atoms with Gasteiger partial charge in [-0.3, -0.25) is 9.97 Å². The van der Waals surface area contributed by atoms with Gasteiger partial charge in [0.25, 0.3) is 0 Å². The number of aromatic nitrogens is 4. The molecule has 0 atom stereocenters. The fourth-order valence-electron chi connectivity index (χ4n) is 2.10. The van der Waals surface area contributed by atoms with Gasteiger partial charge in [0.1, 0.15) is 11.5 Å². The Morgan fingerprint density at radius 2 is 1.87 bits per heavy atom. The SMILES string of the molecule is COCCNc1cc(-c2ccncc2)nc(-c2ccccn2)n1. The highest BCUT2D eigenvalue weighted by Crippen LogP contribution is 2.22. The van der Waals surface area contributed by atoms with Gasteiger partial charge in [-0.05, 0) is 24.3 Å². The zero-order valence-electron chi connectivity index (χ0n) is 12.8. The molecule has 3 aromatic heterocycles. The summed E-state index contributed by atoms with van der Waals surface area (Å²) in [6, 6.07) is 11.4. The van der Waals surface area contributed by atoms with Crippen molar-refractivity contribution in [3.05, 3.63) is 55.0 Å². The van der Waals surface area contributed by atoms with Crippen LogP contribution in [0.3, 0.4) is 0 Å². The van der Waals surface area contributed by atoms with Crippen molar-refractivity contribution in [2.24, 2.45) is 0 Å². The van der Waals surface area contributed by atoms with Crippen molar-refractivity contribution in [2.45, 2.75) is 0 Å². The summed E-state index contributed by atoms with van der Waals surface area (Å²) in [4.78, 5) is 17.6. The van der Waals surface area contributed by atoms with Crippen LogP contribution in [0.1, 0.15) is 0 Å². The molecule has 0 unspecified atom stereocenters. The first-order valence-corrected chi connectivity index (χ1v) is 7.30. The van der Waals surface area contributed by atoms with E-state index in [-0.39, 0.29) is 0 Å². The van der Waals surface area contributed by atoms with Crippen molar-refractivity contribution in [1.29, 1.82) is 0 Å². The molecule has 0 aliphatic rings. The van der Waals surface area contributed by atoms with Gasteiger partial charge in [-0.2, -0.15) is 0 Å². The van der Waals surface area contributed by atoms with Crippen LogP contribution in [0.5, 0.6) is 0 Å². The second-order valence-electron chi connectivity index (χ2n) is 4.83. The molecular weight excluding hydrogens is 290 g/mol. The summed E-state index contributed by atoms with van der Waals surface area (Å²) >= 11 is 0. The van der Waals surface area contributed by atoms with Gasteiger partial charge in [-0.15, -0.1) is 0 Å². The van der Waals surface area contributed by atoms with Crippen LogP contribution in [0.4, 0.5) is 5.82 Å². The van der Waals surface area contributed by atoms with Gasteiger partial charge < -0.3 is 10.1 Å². The number of rotatable bonds is 6. The highest BCUT2D eigenvalue weighted by molar-refractivity contribution is 5.65. The highest BCUT2D eigenvalue weighted by atomic mass is 16.5. The predicted molar refractivity (Wildman–Crippen MR) is 88.9 cm³/mol. The fourth-order valence-corrected chi connectivity index (χ4v) is 2.10. The molecule has 1 N–H and O–H groups in total. The van der Waals surface area contributed by atoms with Crippen LogP contribution in [0.25, 0.3) is 22.8 Å². The molecule has 0 bridgehead atoms. The van der Waals surface area contributed by atoms with E-state index >= 15 is 0 Å². The summed E-state index contributed by atoms with van der Waals surface area (Å²) in [5.41, 5.74) is 2.54. The molecule has 23 heavy (non-hydrogen) atoms. The number of hydrogen-bond donors (Lipinski definition) is 1. The minimum atomic E-state index is 0.583. The lowest BCUT2D eigenvalue weighted by atomic mass is 10.2. The normalized spacial score (nSPS) is 10.5. The van der Waals surface area contributed by atoms with E-state index in [1.54, 1.807) is 25.7 Å². The van der Waals surface area contributed by atoms with Crippen LogP contribution in [0, 0.1) is 0 Å². The summed E-state index contributed by atoms with van der Waals surface area (Å²) < 4.78 is 5.07. The Bertz CT molecular complexity index is 692. The minimum Gasteiger partial charge on any atom is -0.383 e. The largest absolute Gasteiger partial charge is 0.383 e. The first-order chi connectivity index (χ1) is 11.4. The molecule has 3 rings (SSSR count). The molecule has 0 fully saturated rings. The van der Waals surface area contributed by atoms with Gasteiger partial charge >= 0.3 is 0 Å². The standard InChI is InChI=1S/C17H17N5O/c1-23-11-10-20-16-12-15(13-5-8-18-9-6-13)21-17(22-16)14-4-2-3-7-19-14/h2-9,12H,10-11H2,1H3,(H,20,21,22). The molecule has 0 aliphatic heterocycles. The Morgan fingerprint density at radius 1 is 1.00 bits per heavy atom. The quantitative estimate of drug-likeness (QED) is 0.706. The molecule has 0 radical (unpaired) electrons. The van der Waals surface area contributed by atoms with E-state index in [0.29, 0.717) is 19.0 Å². The Hall–Kier alpha value is -2.86. The number of anilines is 1. The van der Waals surface area contributed by atoms with Gasteiger partial charge in [0, 0.05) is 43.9 Å². The average molecular weight is 307 g/mol. The average Bonchev–Trinajstić information content (AvgIpc) is 2.63. The molecule has 0 aliphatic carbocycles. The van der Waals surface area contributed by atoms with Crippen molar-refractivity contribution in [2.75, 3.05) is 25.6 Å². The van der Waals surface area contributed by atoms with Crippen LogP contribution in [0.15, 0.2) is 55.0 Å². The van der Waals surface area contributed by atoms with Gasteiger partial charge in [0.15, 0.2) is 5.82 Å². The highest BCUT2D eigenvalue weighted by Gasteiger charge is 2.09. The van der Waals surface area contributed by atoms with E-state index < -0.39 is 0 Å². The maximum Gasteiger partial charge on any atom is 0.180 e. The summed E-state index contributed by atoms with van der Waals surface area (Å²) in [5, 5.41) is 3.25. The molecule has 0 amide bonds. The lowest BCUT2D eigenvalue weighted by Crippen LogP contribution is -2.10. The van der Waals surface area contributed by atoms with Gasteiger partial charge in [-0.1, -0.05) is 6.07 Å². The third-order valence-corrected chi connectivity index (χ3v) is 3.21. The molecular formula is C17H17N5O. The summed E-state index contributed by atoms with van der Waals surface area (Å²) in [5.74, 6) is 1.32. The third-order valence-electron chi connectivity index (χ3n) is 3.21. The van der Waals surface area contributed by atoms with Gasteiger partial charge in [0.2, 0.25) is 0 Å². The molecule has 3 aromatic rings. The van der Waals surface area contributed by atoms with Crippen LogP contribution >= 0.6 is 0 Å². The monoisotopic (exact) mass is 307 g/mol. The van der Waals surface area contributed by atoms with Gasteiger partial charge in [-0.25, -0.2) is 9.97 Å². The molecule has 116 valence electrons. The van der Waals surface area contributed by atoms with Crippen molar-refractivity contribution in [3.63, 3.8) is 0 Å². The number of hydrogen-bond acceptors (Lipinski definition) is 6. The maximum atomic E-state index is 5.07. The topological polar surface area (TPSA) is 72.8 Å². The van der Waals surface area contributed by atoms with E-state index in [1.165, 1.54) is 0 Å². The predicted octanol–water partition coefficient (Wildman–Crippen LogP) is 2.66. The van der Waals surface area contributed by atoms with E-state index in [2.05, 4.69) is 25.3 Å². The van der Waals surface area contributed by atoms with Crippen molar-refractivity contribution in [1.82, 2.24) is 19.9 Å². The van der Waals surface area contributed by atoms with Crippen molar-refractivity contribution < 1.29 is 4.74 Å². The number of nitrogens with zero attached hydrogens (tertiary/aromatic N) is 4. The van der Waals surface area contributed by atoms with Crippen LogP contribution in [0.2, 0.25) is 0 Å². The maximum absolute atomic E-state index is 5.07. The Labute approximate surface area is 134 Å². The van der Waals surface area contributed by atoms with Crippen molar-refractivity contribution >= 4 is 5.82 Å². The van der Waals surface area contributed by atoms with Gasteiger partial charge in [0.05, 0.1) is 12.3 Å². The molecule has 6 heteroatoms. The van der Waals surface area contributed by atoms with Crippen LogP contribution in [-0.2, 0) is 4.74 Å². The Morgan fingerprint density at radius 3 is 2.61 bits per heavy atom. The molecule has 3 heterocycles. The Kier molecular flexibility index (Phi) is 4.85. The van der Waals surface area contributed by atoms with Crippen molar-refractivity contribution in [3.8, 4) is 22.8 Å². The third kappa shape index (κ3) is 3.87. The Balaban J connectivity index is 2.00. The van der Waals surface area contributed by atoms with Crippen LogP contribution < -0.4 is 5.32 Å². The van der Waals surface area contributed by atoms with E-state index in [0.717, 1.165) is 22.8 Å². The lowest BCUT2D eigenvalue weighted by molar-refractivity contribution is 0.210. The molecule has 0 saturated carbocycles. The zero-order valence-corrected chi connectivity index (χ0v) is 12.8. The summed E-state index contributed by atoms with van der Waals surface area (Å²) in [6.07, 6.45) is 5.22. The van der Waals surface area contributed by atoms with E-state index in [4.69, 9.17) is 4.74 Å². The lowest BCUT2D eigenvalue weighted by Gasteiger charge is -2.09. The second-order valence-corrected chi connectivity index (χ2v) is 4.83. The molecule has 0 saturated heterocycles. The smallest absolute Gasteiger partial charge is 0.180 e. The van der Waals surface area contributed by atoms with E-state index in [1.807, 2.05) is 36.4 Å². The first kappa shape index (κ1) is 15.1. The second kappa shape index (κ2) is 7.42. The van der Waals surface area contributed by atoms with Crippen LogP contribution in [-0.4, -0.2) is 40.2 Å². The first-order valence-electron chi connectivity index (χ1n) is 7.30. The molecule has 0 spiro atoms. The molecule has 0 aromatic carbocycles. The fraction of sp³-hybridized carbons (Fsp3) is 0.176. The van der Waals surface area contributed by atoms with E-state index in [9.17, 15) is 0 Å². The molecule has 6 nitrogen and oxygen atoms in total. The number of pyridine rings is 2. The summed E-state index contributed by atoms with van der Waals surface area (Å²) in [7, 11) is 1.67. The minimum absolute atomic E-state index is 0.583. The zero-order chi connectivity index (χ0) is 15.9. The number of methoxy groups -OCH3 is 1. The number of ether oxygens (including phenoxy) is 1. The summed E-state index contributed by atoms with van der Waals surface area (Å²) in [6.45, 7) is 1.28. The number of nitrogens with one attached hydrogen (secondary N) is 1.